The lowest BCUT2D eigenvalue weighted by Gasteiger charge is -2.22. The Morgan fingerprint density at radius 2 is 1.83 bits per heavy atom. The number of ether oxygens (including phenoxy) is 1. The minimum Gasteiger partial charge on any atom is -0.488 e. The van der Waals surface area contributed by atoms with Gasteiger partial charge in [-0.05, 0) is 42.7 Å². The number of fused-ring (bicyclic) bond motifs is 1. The maximum Gasteiger partial charge on any atom is 0.251 e. The smallest absolute Gasteiger partial charge is 0.251 e. The number of hydrogen-bond donors (Lipinski definition) is 1. The molecule has 0 saturated heterocycles. The van der Waals surface area contributed by atoms with Gasteiger partial charge in [-0.15, -0.1) is 0 Å². The number of carbonyl (C=O) groups is 1. The Balaban J connectivity index is 1.55. The molecule has 2 aromatic rings. The van der Waals surface area contributed by atoms with Crippen LogP contribution in [0.25, 0.3) is 6.08 Å². The highest BCUT2D eigenvalue weighted by Gasteiger charge is 2.46. The van der Waals surface area contributed by atoms with Crippen molar-refractivity contribution in [2.24, 2.45) is 0 Å². The van der Waals surface area contributed by atoms with Crippen LogP contribution in [0.15, 0.2) is 58.6 Å². The second kappa shape index (κ2) is 5.53. The predicted molar refractivity (Wildman–Crippen MR) is 93.1 cm³/mol. The molecule has 2 aromatic carbocycles. The van der Waals surface area contributed by atoms with Crippen LogP contribution in [-0.2, 0) is 10.3 Å². The van der Waals surface area contributed by atoms with Crippen LogP contribution in [0.2, 0.25) is 0 Å². The van der Waals surface area contributed by atoms with Crippen LogP contribution in [0.4, 0.5) is 0 Å². The van der Waals surface area contributed by atoms with Crippen LogP contribution in [0.5, 0.6) is 5.75 Å². The predicted octanol–water partition coefficient (Wildman–Crippen LogP) is 4.03. The van der Waals surface area contributed by atoms with Gasteiger partial charge >= 0.3 is 0 Å². The van der Waals surface area contributed by atoms with Crippen molar-refractivity contribution in [3.05, 3.63) is 69.7 Å². The minimum absolute atomic E-state index is 0.0417. The molecule has 0 aromatic heterocycles. The molecule has 23 heavy (non-hydrogen) atoms. The fourth-order valence-electron chi connectivity index (χ4n) is 2.92. The Hall–Kier alpha value is -2.07. The second-order valence-electron chi connectivity index (χ2n) is 6.04. The highest BCUT2D eigenvalue weighted by molar-refractivity contribution is 9.10. The monoisotopic (exact) mass is 369 g/mol. The molecule has 0 radical (unpaired) electrons. The molecule has 1 saturated carbocycles. The Kier molecular flexibility index (Phi) is 3.49. The third-order valence-electron chi connectivity index (χ3n) is 4.42. The molecular weight excluding hydrogens is 354 g/mol. The van der Waals surface area contributed by atoms with Crippen molar-refractivity contribution in [3.63, 3.8) is 0 Å². The summed E-state index contributed by atoms with van der Waals surface area (Å²) in [7, 11) is 0. The van der Waals surface area contributed by atoms with E-state index in [1.165, 1.54) is 0 Å². The topological polar surface area (TPSA) is 38.3 Å². The second-order valence-corrected chi connectivity index (χ2v) is 6.95. The van der Waals surface area contributed by atoms with Gasteiger partial charge in [0, 0.05) is 10.0 Å². The summed E-state index contributed by atoms with van der Waals surface area (Å²) in [6.45, 7) is 0.319. The summed E-state index contributed by atoms with van der Waals surface area (Å²) in [6, 6.07) is 15.9. The Morgan fingerprint density at radius 3 is 2.57 bits per heavy atom. The number of hydrogen-bond acceptors (Lipinski definition) is 2. The van der Waals surface area contributed by atoms with E-state index in [0.29, 0.717) is 12.2 Å². The van der Waals surface area contributed by atoms with Crippen molar-refractivity contribution >= 4 is 27.9 Å². The van der Waals surface area contributed by atoms with Gasteiger partial charge in [0.05, 0.1) is 11.1 Å². The van der Waals surface area contributed by atoms with Crippen molar-refractivity contribution in [2.75, 3.05) is 6.61 Å². The molecule has 0 atom stereocenters. The molecule has 2 aliphatic rings. The molecule has 1 heterocycles. The molecule has 1 aliphatic carbocycles. The highest BCUT2D eigenvalue weighted by atomic mass is 79.9. The Morgan fingerprint density at radius 1 is 1.09 bits per heavy atom. The van der Waals surface area contributed by atoms with Gasteiger partial charge in [-0.2, -0.15) is 0 Å². The van der Waals surface area contributed by atoms with Gasteiger partial charge in [-0.3, -0.25) is 4.79 Å². The molecule has 1 aliphatic heterocycles. The molecule has 4 rings (SSSR count). The first-order chi connectivity index (χ1) is 11.2. The zero-order chi connectivity index (χ0) is 15.9. The van der Waals surface area contributed by atoms with E-state index in [1.807, 2.05) is 42.5 Å². The normalized spacial score (nSPS) is 17.5. The SMILES string of the molecule is O=C(NC1(c2ccc(Br)cc2)CC1)C1=Cc2ccccc2OC1. The van der Waals surface area contributed by atoms with Gasteiger partial charge in [0.1, 0.15) is 12.4 Å². The van der Waals surface area contributed by atoms with Crippen molar-refractivity contribution in [1.82, 2.24) is 5.32 Å². The fourth-order valence-corrected chi connectivity index (χ4v) is 3.19. The molecule has 1 fully saturated rings. The van der Waals surface area contributed by atoms with Gasteiger partial charge in [0.2, 0.25) is 0 Å². The number of nitrogens with one attached hydrogen (secondary N) is 1. The lowest BCUT2D eigenvalue weighted by Crippen LogP contribution is -2.37. The maximum absolute atomic E-state index is 12.6. The van der Waals surface area contributed by atoms with Gasteiger partial charge in [0.25, 0.3) is 5.91 Å². The quantitative estimate of drug-likeness (QED) is 0.886. The summed E-state index contributed by atoms with van der Waals surface area (Å²) in [4.78, 5) is 12.6. The molecular formula is C19H16BrNO2. The van der Waals surface area contributed by atoms with E-state index in [2.05, 4.69) is 33.4 Å². The summed E-state index contributed by atoms with van der Waals surface area (Å²) in [6.07, 6.45) is 3.88. The first kappa shape index (κ1) is 14.5. The number of benzene rings is 2. The van der Waals surface area contributed by atoms with Crippen LogP contribution in [-0.4, -0.2) is 12.5 Å². The average molecular weight is 370 g/mol. The molecule has 0 spiro atoms. The molecule has 3 nitrogen and oxygen atoms in total. The Labute approximate surface area is 143 Å². The number of rotatable bonds is 3. The van der Waals surface area contributed by atoms with Gasteiger partial charge < -0.3 is 10.1 Å². The number of para-hydroxylation sites is 1. The summed E-state index contributed by atoms with van der Waals surface area (Å²) in [5, 5.41) is 3.20. The lowest BCUT2D eigenvalue weighted by molar-refractivity contribution is -0.118. The third-order valence-corrected chi connectivity index (χ3v) is 4.95. The zero-order valence-electron chi connectivity index (χ0n) is 12.5. The maximum atomic E-state index is 12.6. The standard InChI is InChI=1S/C19H16BrNO2/c20-16-7-5-15(6-8-16)19(9-10-19)21-18(22)14-11-13-3-1-2-4-17(13)23-12-14/h1-8,11H,9-10,12H2,(H,21,22). The van der Waals surface area contributed by atoms with E-state index in [4.69, 9.17) is 4.74 Å². The van der Waals surface area contributed by atoms with Crippen LogP contribution in [0.1, 0.15) is 24.0 Å². The van der Waals surface area contributed by atoms with Gasteiger partial charge in [0.15, 0.2) is 0 Å². The van der Waals surface area contributed by atoms with Crippen molar-refractivity contribution in [1.29, 1.82) is 0 Å². The van der Waals surface area contributed by atoms with E-state index in [0.717, 1.165) is 34.2 Å². The summed E-state index contributed by atoms with van der Waals surface area (Å²) < 4.78 is 6.72. The van der Waals surface area contributed by atoms with Crippen molar-refractivity contribution in [2.45, 2.75) is 18.4 Å². The highest BCUT2D eigenvalue weighted by Crippen LogP contribution is 2.46. The zero-order valence-corrected chi connectivity index (χ0v) is 14.1. The van der Waals surface area contributed by atoms with E-state index in [-0.39, 0.29) is 11.4 Å². The summed E-state index contributed by atoms with van der Waals surface area (Å²) >= 11 is 3.45. The van der Waals surface area contributed by atoms with Crippen molar-refractivity contribution in [3.8, 4) is 5.75 Å². The van der Waals surface area contributed by atoms with E-state index in [1.54, 1.807) is 0 Å². The minimum atomic E-state index is -0.213. The average Bonchev–Trinajstić information content (AvgIpc) is 3.35. The number of halogens is 1. The van der Waals surface area contributed by atoms with Crippen molar-refractivity contribution < 1.29 is 9.53 Å². The third kappa shape index (κ3) is 2.79. The molecule has 0 unspecified atom stereocenters. The van der Waals surface area contributed by atoms with Gasteiger partial charge in [-0.25, -0.2) is 0 Å². The molecule has 1 amide bonds. The van der Waals surface area contributed by atoms with E-state index in [9.17, 15) is 4.79 Å². The van der Waals surface area contributed by atoms with Crippen LogP contribution < -0.4 is 10.1 Å². The molecule has 0 bridgehead atoms. The van der Waals surface area contributed by atoms with Gasteiger partial charge in [-0.1, -0.05) is 46.3 Å². The summed E-state index contributed by atoms with van der Waals surface area (Å²) in [5.74, 6) is 0.790. The number of carbonyl (C=O) groups excluding carboxylic acids is 1. The lowest BCUT2D eigenvalue weighted by atomic mass is 10.0. The van der Waals surface area contributed by atoms with Crippen LogP contribution in [0, 0.1) is 0 Å². The van der Waals surface area contributed by atoms with Crippen LogP contribution in [0.3, 0.4) is 0 Å². The fraction of sp³-hybridized carbons (Fsp3) is 0.211. The largest absolute Gasteiger partial charge is 0.488 e. The first-order valence-electron chi connectivity index (χ1n) is 7.67. The van der Waals surface area contributed by atoms with Crippen LogP contribution >= 0.6 is 15.9 Å². The molecule has 1 N–H and O–H groups in total. The van der Waals surface area contributed by atoms with E-state index < -0.39 is 0 Å². The first-order valence-corrected chi connectivity index (χ1v) is 8.47. The molecule has 116 valence electrons. The molecule has 4 heteroatoms. The van der Waals surface area contributed by atoms with E-state index >= 15 is 0 Å². The summed E-state index contributed by atoms with van der Waals surface area (Å²) in [5.41, 5.74) is 2.58. The number of amides is 1. The Bertz CT molecular complexity index is 791.